The van der Waals surface area contributed by atoms with Gasteiger partial charge in [0.1, 0.15) is 0 Å². The number of ketones is 1. The highest BCUT2D eigenvalue weighted by Gasteiger charge is 2.13. The molecule has 1 nitrogen and oxygen atoms in total. The SMILES string of the molecule is C/C1=C\CC(C)(C)C=CC(=O)/C(C)=C/CC1. The highest BCUT2D eigenvalue weighted by molar-refractivity contribution is 6.03. The Hall–Kier alpha value is -1.11. The molecule has 0 atom stereocenters. The van der Waals surface area contributed by atoms with Gasteiger partial charge < -0.3 is 0 Å². The standard InChI is InChI=1S/C15H22O/c1-12-6-5-7-13(2)14(16)9-11-15(3,4)10-8-12/h7-9,11H,5-6,10H2,1-4H3/b11-9?,12-8+,13-7+. The molecule has 0 aromatic rings. The van der Waals surface area contributed by atoms with Crippen LogP contribution in [-0.2, 0) is 4.79 Å². The Labute approximate surface area is 98.9 Å². The van der Waals surface area contributed by atoms with E-state index in [0.29, 0.717) is 0 Å². The van der Waals surface area contributed by atoms with Crippen molar-refractivity contribution in [3.05, 3.63) is 35.5 Å². The Morgan fingerprint density at radius 3 is 2.56 bits per heavy atom. The lowest BCUT2D eigenvalue weighted by atomic mass is 9.87. The van der Waals surface area contributed by atoms with Gasteiger partial charge in [0.2, 0.25) is 0 Å². The molecule has 0 heterocycles. The summed E-state index contributed by atoms with van der Waals surface area (Å²) in [5.74, 6) is 0.146. The lowest BCUT2D eigenvalue weighted by Gasteiger charge is -2.18. The van der Waals surface area contributed by atoms with Gasteiger partial charge >= 0.3 is 0 Å². The Balaban J connectivity index is 2.95. The smallest absolute Gasteiger partial charge is 0.180 e. The van der Waals surface area contributed by atoms with Crippen molar-refractivity contribution in [3.8, 4) is 0 Å². The van der Waals surface area contributed by atoms with Crippen LogP contribution in [0.2, 0.25) is 0 Å². The third-order valence-electron chi connectivity index (χ3n) is 3.04. The van der Waals surface area contributed by atoms with Crippen molar-refractivity contribution in [3.63, 3.8) is 0 Å². The fourth-order valence-electron chi connectivity index (χ4n) is 1.66. The Kier molecular flexibility index (Phi) is 4.28. The van der Waals surface area contributed by atoms with E-state index in [-0.39, 0.29) is 11.2 Å². The number of hydrogen-bond donors (Lipinski definition) is 0. The fourth-order valence-corrected chi connectivity index (χ4v) is 1.66. The van der Waals surface area contributed by atoms with Crippen LogP contribution < -0.4 is 0 Å². The van der Waals surface area contributed by atoms with E-state index in [1.165, 1.54) is 5.57 Å². The zero-order chi connectivity index (χ0) is 12.2. The quantitative estimate of drug-likeness (QED) is 0.556. The molecule has 0 N–H and O–H groups in total. The molecule has 0 radical (unpaired) electrons. The van der Waals surface area contributed by atoms with E-state index in [9.17, 15) is 4.79 Å². The van der Waals surface area contributed by atoms with Crippen LogP contribution in [0.4, 0.5) is 0 Å². The summed E-state index contributed by atoms with van der Waals surface area (Å²) in [5.41, 5.74) is 2.35. The molecule has 0 saturated heterocycles. The lowest BCUT2D eigenvalue weighted by Crippen LogP contribution is -2.07. The van der Waals surface area contributed by atoms with Gasteiger partial charge in [-0.1, -0.05) is 37.6 Å². The summed E-state index contributed by atoms with van der Waals surface area (Å²) in [5, 5.41) is 0. The summed E-state index contributed by atoms with van der Waals surface area (Å²) in [6, 6.07) is 0. The van der Waals surface area contributed by atoms with Gasteiger partial charge in [-0.3, -0.25) is 4.79 Å². The Morgan fingerprint density at radius 2 is 1.88 bits per heavy atom. The third-order valence-corrected chi connectivity index (χ3v) is 3.04. The molecule has 88 valence electrons. The molecule has 0 aromatic carbocycles. The van der Waals surface area contributed by atoms with Gasteiger partial charge in [0.05, 0.1) is 0 Å². The summed E-state index contributed by atoms with van der Waals surface area (Å²) in [6.45, 7) is 8.40. The summed E-state index contributed by atoms with van der Waals surface area (Å²) in [7, 11) is 0. The van der Waals surface area contributed by atoms with Crippen LogP contribution >= 0.6 is 0 Å². The normalized spacial score (nSPS) is 28.6. The number of hydrogen-bond acceptors (Lipinski definition) is 1. The van der Waals surface area contributed by atoms with Gasteiger partial charge in [-0.2, -0.15) is 0 Å². The Bertz CT molecular complexity index is 354. The van der Waals surface area contributed by atoms with E-state index < -0.39 is 0 Å². The molecular formula is C15H22O. The molecule has 0 fully saturated rings. The average Bonchev–Trinajstić information content (AvgIpc) is 2.23. The van der Waals surface area contributed by atoms with Gasteiger partial charge in [-0.05, 0) is 50.2 Å². The molecule has 0 saturated carbocycles. The minimum absolute atomic E-state index is 0.0710. The van der Waals surface area contributed by atoms with E-state index >= 15 is 0 Å². The zero-order valence-electron chi connectivity index (χ0n) is 10.8. The monoisotopic (exact) mass is 218 g/mol. The fraction of sp³-hybridized carbons (Fsp3) is 0.533. The van der Waals surface area contributed by atoms with Crippen LogP contribution in [0.3, 0.4) is 0 Å². The highest BCUT2D eigenvalue weighted by Crippen LogP contribution is 2.25. The van der Waals surface area contributed by atoms with Crippen molar-refractivity contribution in [2.75, 3.05) is 0 Å². The second-order valence-electron chi connectivity index (χ2n) is 5.37. The summed E-state index contributed by atoms with van der Waals surface area (Å²) >= 11 is 0. The van der Waals surface area contributed by atoms with Crippen LogP contribution in [0.1, 0.15) is 47.0 Å². The van der Waals surface area contributed by atoms with Crippen molar-refractivity contribution >= 4 is 5.78 Å². The summed E-state index contributed by atoms with van der Waals surface area (Å²) in [6.07, 6.45) is 11.1. The minimum atomic E-state index is 0.0710. The number of carbonyl (C=O) groups excluding carboxylic acids is 1. The summed E-state index contributed by atoms with van der Waals surface area (Å²) in [4.78, 5) is 11.7. The Morgan fingerprint density at radius 1 is 1.19 bits per heavy atom. The lowest BCUT2D eigenvalue weighted by molar-refractivity contribution is -0.111. The molecule has 0 amide bonds. The van der Waals surface area contributed by atoms with Crippen LogP contribution in [-0.4, -0.2) is 5.78 Å². The molecule has 0 bridgehead atoms. The van der Waals surface area contributed by atoms with Gasteiger partial charge in [0.15, 0.2) is 5.78 Å². The van der Waals surface area contributed by atoms with E-state index in [2.05, 4.69) is 26.8 Å². The van der Waals surface area contributed by atoms with E-state index in [4.69, 9.17) is 0 Å². The number of rotatable bonds is 0. The van der Waals surface area contributed by atoms with E-state index in [0.717, 1.165) is 24.8 Å². The van der Waals surface area contributed by atoms with Crippen LogP contribution in [0.25, 0.3) is 0 Å². The van der Waals surface area contributed by atoms with Crippen LogP contribution in [0.5, 0.6) is 0 Å². The molecule has 1 rings (SSSR count). The van der Waals surface area contributed by atoms with Crippen LogP contribution in [0, 0.1) is 5.41 Å². The average molecular weight is 218 g/mol. The van der Waals surface area contributed by atoms with Crippen molar-refractivity contribution in [1.82, 2.24) is 0 Å². The van der Waals surface area contributed by atoms with Gasteiger partial charge in [-0.15, -0.1) is 0 Å². The van der Waals surface area contributed by atoms with Crippen molar-refractivity contribution < 1.29 is 4.79 Å². The largest absolute Gasteiger partial charge is 0.290 e. The van der Waals surface area contributed by atoms with Gasteiger partial charge in [0, 0.05) is 0 Å². The first-order valence-electron chi connectivity index (χ1n) is 5.97. The molecule has 1 aliphatic rings. The molecule has 1 heteroatoms. The second-order valence-corrected chi connectivity index (χ2v) is 5.37. The molecule has 16 heavy (non-hydrogen) atoms. The predicted molar refractivity (Wildman–Crippen MR) is 69.3 cm³/mol. The third kappa shape index (κ3) is 4.18. The molecular weight excluding hydrogens is 196 g/mol. The molecule has 0 spiro atoms. The number of allylic oxidation sites excluding steroid dienone is 6. The van der Waals surface area contributed by atoms with Crippen molar-refractivity contribution in [2.24, 2.45) is 5.41 Å². The number of carbonyl (C=O) groups is 1. The highest BCUT2D eigenvalue weighted by atomic mass is 16.1. The maximum Gasteiger partial charge on any atom is 0.180 e. The zero-order valence-corrected chi connectivity index (χ0v) is 10.8. The first-order chi connectivity index (χ1) is 7.41. The maximum absolute atomic E-state index is 11.7. The molecule has 0 aliphatic heterocycles. The van der Waals surface area contributed by atoms with Crippen LogP contribution in [0.15, 0.2) is 35.5 Å². The van der Waals surface area contributed by atoms with Gasteiger partial charge in [0.25, 0.3) is 0 Å². The van der Waals surface area contributed by atoms with E-state index in [1.807, 2.05) is 19.1 Å². The van der Waals surface area contributed by atoms with E-state index in [1.54, 1.807) is 6.08 Å². The first kappa shape index (κ1) is 13.0. The topological polar surface area (TPSA) is 17.1 Å². The van der Waals surface area contributed by atoms with Crippen molar-refractivity contribution in [2.45, 2.75) is 47.0 Å². The second kappa shape index (κ2) is 5.29. The predicted octanol–water partition coefficient (Wildman–Crippen LogP) is 4.21. The molecule has 0 aromatic heterocycles. The minimum Gasteiger partial charge on any atom is -0.290 e. The maximum atomic E-state index is 11.7. The molecule has 1 aliphatic carbocycles. The first-order valence-corrected chi connectivity index (χ1v) is 5.97. The summed E-state index contributed by atoms with van der Waals surface area (Å²) < 4.78 is 0. The van der Waals surface area contributed by atoms with Gasteiger partial charge in [-0.25, -0.2) is 0 Å². The van der Waals surface area contributed by atoms with Crippen molar-refractivity contribution in [1.29, 1.82) is 0 Å². The molecule has 0 unspecified atom stereocenters.